The van der Waals surface area contributed by atoms with Crippen LogP contribution in [0.3, 0.4) is 0 Å². The molecule has 0 unspecified atom stereocenters. The standard InChI is InChI=1S/C13H11BrO2/c1-16-13(15)10-5-6-12-9(7-10)3-2-4-11(12)8-14/h2-7H,8H2,1H3. The van der Waals surface area contributed by atoms with Crippen LogP contribution in [0.5, 0.6) is 0 Å². The molecule has 0 N–H and O–H groups in total. The molecule has 2 nitrogen and oxygen atoms in total. The number of carbonyl (C=O) groups excluding carboxylic acids is 1. The zero-order valence-electron chi connectivity index (χ0n) is 8.87. The number of rotatable bonds is 2. The minimum Gasteiger partial charge on any atom is -0.465 e. The Morgan fingerprint density at radius 1 is 1.31 bits per heavy atom. The molecule has 0 radical (unpaired) electrons. The summed E-state index contributed by atoms with van der Waals surface area (Å²) in [5, 5.41) is 3.02. The lowest BCUT2D eigenvalue weighted by Crippen LogP contribution is -2.00. The van der Waals surface area contributed by atoms with E-state index in [9.17, 15) is 4.79 Å². The number of fused-ring (bicyclic) bond motifs is 1. The number of ether oxygens (including phenoxy) is 1. The first kappa shape index (κ1) is 11.1. The van der Waals surface area contributed by atoms with Crippen LogP contribution in [-0.4, -0.2) is 13.1 Å². The van der Waals surface area contributed by atoms with Crippen LogP contribution in [0.1, 0.15) is 15.9 Å². The third-order valence-electron chi connectivity index (χ3n) is 2.54. The zero-order valence-corrected chi connectivity index (χ0v) is 10.5. The van der Waals surface area contributed by atoms with Gasteiger partial charge in [0.15, 0.2) is 0 Å². The van der Waals surface area contributed by atoms with Crippen molar-refractivity contribution in [2.45, 2.75) is 5.33 Å². The molecule has 0 fully saturated rings. The maximum atomic E-state index is 11.4. The molecule has 0 aliphatic heterocycles. The van der Waals surface area contributed by atoms with Gasteiger partial charge in [0.05, 0.1) is 12.7 Å². The molecule has 0 aliphatic rings. The smallest absolute Gasteiger partial charge is 0.337 e. The summed E-state index contributed by atoms with van der Waals surface area (Å²) >= 11 is 3.45. The van der Waals surface area contributed by atoms with Crippen molar-refractivity contribution in [2.24, 2.45) is 0 Å². The second kappa shape index (κ2) is 4.66. The van der Waals surface area contributed by atoms with Crippen LogP contribution in [0.2, 0.25) is 0 Å². The highest BCUT2D eigenvalue weighted by molar-refractivity contribution is 9.08. The normalized spacial score (nSPS) is 10.4. The largest absolute Gasteiger partial charge is 0.465 e. The Balaban J connectivity index is 2.59. The van der Waals surface area contributed by atoms with E-state index < -0.39 is 0 Å². The number of benzene rings is 2. The molecular weight excluding hydrogens is 268 g/mol. The maximum Gasteiger partial charge on any atom is 0.337 e. The van der Waals surface area contributed by atoms with Gasteiger partial charge in [-0.2, -0.15) is 0 Å². The number of hydrogen-bond acceptors (Lipinski definition) is 2. The molecule has 0 heterocycles. The highest BCUT2D eigenvalue weighted by Gasteiger charge is 2.06. The first-order chi connectivity index (χ1) is 7.76. The van der Waals surface area contributed by atoms with Crippen molar-refractivity contribution in [1.82, 2.24) is 0 Å². The Bertz CT molecular complexity index is 534. The van der Waals surface area contributed by atoms with Crippen molar-refractivity contribution in [2.75, 3.05) is 7.11 Å². The van der Waals surface area contributed by atoms with Crippen molar-refractivity contribution in [3.63, 3.8) is 0 Å². The predicted octanol–water partition coefficient (Wildman–Crippen LogP) is 3.52. The van der Waals surface area contributed by atoms with Gasteiger partial charge in [0.1, 0.15) is 0 Å². The van der Waals surface area contributed by atoms with E-state index >= 15 is 0 Å². The monoisotopic (exact) mass is 278 g/mol. The Morgan fingerprint density at radius 2 is 2.12 bits per heavy atom. The molecule has 0 saturated heterocycles. The van der Waals surface area contributed by atoms with Crippen molar-refractivity contribution in [3.05, 3.63) is 47.5 Å². The molecule has 2 rings (SSSR count). The maximum absolute atomic E-state index is 11.4. The van der Waals surface area contributed by atoms with E-state index in [4.69, 9.17) is 4.74 Å². The lowest BCUT2D eigenvalue weighted by molar-refractivity contribution is 0.0601. The first-order valence-corrected chi connectivity index (χ1v) is 6.04. The molecule has 2 aromatic carbocycles. The Morgan fingerprint density at radius 3 is 2.81 bits per heavy atom. The summed E-state index contributed by atoms with van der Waals surface area (Å²) in [5.41, 5.74) is 1.80. The van der Waals surface area contributed by atoms with Gasteiger partial charge in [-0.15, -0.1) is 0 Å². The Labute approximate surface area is 102 Å². The van der Waals surface area contributed by atoms with Gasteiger partial charge in [0.25, 0.3) is 0 Å². The molecule has 0 spiro atoms. The summed E-state index contributed by atoms with van der Waals surface area (Å²) in [5.74, 6) is -0.300. The minimum absolute atomic E-state index is 0.300. The first-order valence-electron chi connectivity index (χ1n) is 4.92. The quantitative estimate of drug-likeness (QED) is 0.621. The second-order valence-corrected chi connectivity index (χ2v) is 4.04. The van der Waals surface area contributed by atoms with E-state index in [2.05, 4.69) is 22.0 Å². The van der Waals surface area contributed by atoms with Gasteiger partial charge < -0.3 is 4.74 Å². The second-order valence-electron chi connectivity index (χ2n) is 3.48. The van der Waals surface area contributed by atoms with Gasteiger partial charge in [-0.25, -0.2) is 4.79 Å². The van der Waals surface area contributed by atoms with Gasteiger partial charge in [-0.3, -0.25) is 0 Å². The van der Waals surface area contributed by atoms with Crippen LogP contribution >= 0.6 is 15.9 Å². The van der Waals surface area contributed by atoms with E-state index in [-0.39, 0.29) is 5.97 Å². The van der Waals surface area contributed by atoms with Gasteiger partial charge in [-0.05, 0) is 28.5 Å². The molecule has 0 amide bonds. The number of carbonyl (C=O) groups is 1. The average Bonchev–Trinajstić information content (AvgIpc) is 2.36. The van der Waals surface area contributed by atoms with Crippen molar-refractivity contribution >= 4 is 32.7 Å². The zero-order chi connectivity index (χ0) is 11.5. The molecule has 2 aromatic rings. The molecule has 16 heavy (non-hydrogen) atoms. The highest BCUT2D eigenvalue weighted by atomic mass is 79.9. The van der Waals surface area contributed by atoms with E-state index in [1.165, 1.54) is 12.7 Å². The summed E-state index contributed by atoms with van der Waals surface area (Å²) in [6, 6.07) is 11.6. The van der Waals surface area contributed by atoms with Crippen molar-refractivity contribution in [3.8, 4) is 0 Å². The van der Waals surface area contributed by atoms with Crippen LogP contribution in [0.25, 0.3) is 10.8 Å². The van der Waals surface area contributed by atoms with Crippen LogP contribution in [0, 0.1) is 0 Å². The fraction of sp³-hybridized carbons (Fsp3) is 0.154. The van der Waals surface area contributed by atoms with Crippen LogP contribution in [-0.2, 0) is 10.1 Å². The number of esters is 1. The summed E-state index contributed by atoms with van der Waals surface area (Å²) in [6.45, 7) is 0. The van der Waals surface area contributed by atoms with Gasteiger partial charge in [0.2, 0.25) is 0 Å². The minimum atomic E-state index is -0.300. The summed E-state index contributed by atoms with van der Waals surface area (Å²) < 4.78 is 4.69. The van der Waals surface area contributed by atoms with Gasteiger partial charge >= 0.3 is 5.97 Å². The lowest BCUT2D eigenvalue weighted by Gasteiger charge is -2.05. The number of alkyl halides is 1. The van der Waals surface area contributed by atoms with E-state index in [0.717, 1.165) is 16.1 Å². The van der Waals surface area contributed by atoms with Crippen molar-refractivity contribution in [1.29, 1.82) is 0 Å². The van der Waals surface area contributed by atoms with Crippen LogP contribution in [0.15, 0.2) is 36.4 Å². The van der Waals surface area contributed by atoms with Crippen molar-refractivity contribution < 1.29 is 9.53 Å². The number of methoxy groups -OCH3 is 1. The number of hydrogen-bond donors (Lipinski definition) is 0. The Kier molecular flexibility index (Phi) is 3.25. The molecule has 0 saturated carbocycles. The van der Waals surface area contributed by atoms with Crippen LogP contribution in [0.4, 0.5) is 0 Å². The summed E-state index contributed by atoms with van der Waals surface area (Å²) in [4.78, 5) is 11.4. The fourth-order valence-electron chi connectivity index (χ4n) is 1.71. The van der Waals surface area contributed by atoms with Gasteiger partial charge in [-0.1, -0.05) is 40.2 Å². The van der Waals surface area contributed by atoms with Crippen LogP contribution < -0.4 is 0 Å². The predicted molar refractivity (Wildman–Crippen MR) is 67.9 cm³/mol. The highest BCUT2D eigenvalue weighted by Crippen LogP contribution is 2.22. The molecular formula is C13H11BrO2. The molecule has 0 bridgehead atoms. The van der Waals surface area contributed by atoms with Gasteiger partial charge in [0, 0.05) is 5.33 Å². The third kappa shape index (κ3) is 1.95. The SMILES string of the molecule is COC(=O)c1ccc2c(CBr)cccc2c1. The fourth-order valence-corrected chi connectivity index (χ4v) is 2.20. The average molecular weight is 279 g/mol. The number of halogens is 1. The summed E-state index contributed by atoms with van der Waals surface area (Å²) in [7, 11) is 1.39. The Hall–Kier alpha value is -1.35. The molecule has 82 valence electrons. The topological polar surface area (TPSA) is 26.3 Å². The van der Waals surface area contributed by atoms with E-state index in [0.29, 0.717) is 5.56 Å². The summed E-state index contributed by atoms with van der Waals surface area (Å²) in [6.07, 6.45) is 0. The lowest BCUT2D eigenvalue weighted by atomic mass is 10.0. The molecule has 0 aromatic heterocycles. The third-order valence-corrected chi connectivity index (χ3v) is 3.14. The van der Waals surface area contributed by atoms with E-state index in [1.807, 2.05) is 24.3 Å². The molecule has 3 heteroatoms. The molecule has 0 aliphatic carbocycles. The molecule has 0 atom stereocenters. The van der Waals surface area contributed by atoms with E-state index in [1.54, 1.807) is 6.07 Å².